The van der Waals surface area contributed by atoms with Gasteiger partial charge < -0.3 is 10.1 Å². The van der Waals surface area contributed by atoms with Crippen molar-refractivity contribution in [1.29, 1.82) is 5.26 Å². The molecule has 4 nitrogen and oxygen atoms in total. The Morgan fingerprint density at radius 2 is 1.83 bits per heavy atom. The molecule has 4 heteroatoms. The lowest BCUT2D eigenvalue weighted by molar-refractivity contribution is 0.305. The molecule has 152 valence electrons. The van der Waals surface area contributed by atoms with Gasteiger partial charge in [0, 0.05) is 18.0 Å². The molecular formula is C26H27N3O. The highest BCUT2D eigenvalue weighted by Gasteiger charge is 2.15. The third-order valence-corrected chi connectivity index (χ3v) is 5.74. The zero-order valence-electron chi connectivity index (χ0n) is 17.2. The number of anilines is 1. The number of hydrogen-bond donors (Lipinski definition) is 1. The summed E-state index contributed by atoms with van der Waals surface area (Å²) in [4.78, 5) is 4.66. The molecule has 0 amide bonds. The van der Waals surface area contributed by atoms with Crippen LogP contribution >= 0.6 is 0 Å². The van der Waals surface area contributed by atoms with Crippen LogP contribution in [0.1, 0.15) is 60.4 Å². The Bertz CT molecular complexity index is 987. The Labute approximate surface area is 178 Å². The molecule has 30 heavy (non-hydrogen) atoms. The maximum Gasteiger partial charge on any atom is 0.139 e. The van der Waals surface area contributed by atoms with Gasteiger partial charge in [0.25, 0.3) is 0 Å². The zero-order chi connectivity index (χ0) is 20.6. The van der Waals surface area contributed by atoms with Crippen molar-refractivity contribution in [3.05, 3.63) is 89.2 Å². The van der Waals surface area contributed by atoms with Crippen LogP contribution in [0.2, 0.25) is 0 Å². The van der Waals surface area contributed by atoms with Crippen LogP contribution in [0.25, 0.3) is 0 Å². The number of hydrogen-bond acceptors (Lipinski definition) is 4. The minimum Gasteiger partial charge on any atom is -0.487 e. The number of nitrogens with zero attached hydrogens (tertiary/aromatic N) is 2. The van der Waals surface area contributed by atoms with Crippen molar-refractivity contribution in [2.75, 3.05) is 5.32 Å². The van der Waals surface area contributed by atoms with E-state index in [1.807, 2.05) is 48.7 Å². The number of aromatic nitrogens is 1. The molecule has 0 spiro atoms. The van der Waals surface area contributed by atoms with E-state index in [1.165, 1.54) is 37.7 Å². The molecule has 1 aliphatic rings. The van der Waals surface area contributed by atoms with Crippen LogP contribution in [-0.2, 0) is 13.2 Å². The van der Waals surface area contributed by atoms with Crippen LogP contribution < -0.4 is 10.1 Å². The lowest BCUT2D eigenvalue weighted by Crippen LogP contribution is -2.07. The maximum atomic E-state index is 9.39. The lowest BCUT2D eigenvalue weighted by atomic mass is 9.85. The lowest BCUT2D eigenvalue weighted by Gasteiger charge is -2.21. The fraction of sp³-hybridized carbons (Fsp3) is 0.308. The van der Waals surface area contributed by atoms with Gasteiger partial charge in [0.2, 0.25) is 0 Å². The summed E-state index contributed by atoms with van der Waals surface area (Å²) in [7, 11) is 0. The monoisotopic (exact) mass is 397 g/mol. The van der Waals surface area contributed by atoms with Crippen molar-refractivity contribution >= 4 is 5.69 Å². The van der Waals surface area contributed by atoms with Gasteiger partial charge in [0.1, 0.15) is 18.4 Å². The first-order valence-electron chi connectivity index (χ1n) is 10.7. The van der Waals surface area contributed by atoms with Crippen molar-refractivity contribution in [3.63, 3.8) is 0 Å². The molecule has 3 aromatic rings. The summed E-state index contributed by atoms with van der Waals surface area (Å²) >= 11 is 0. The fourth-order valence-electron chi connectivity index (χ4n) is 3.99. The van der Waals surface area contributed by atoms with Crippen molar-refractivity contribution < 1.29 is 4.74 Å². The second-order valence-electron chi connectivity index (χ2n) is 7.87. The number of benzene rings is 2. The smallest absolute Gasteiger partial charge is 0.139 e. The number of nitrogens with one attached hydrogen (secondary N) is 1. The average Bonchev–Trinajstić information content (AvgIpc) is 2.83. The predicted octanol–water partition coefficient (Wildman–Crippen LogP) is 6.19. The zero-order valence-corrected chi connectivity index (χ0v) is 17.2. The molecule has 1 N–H and O–H groups in total. The highest BCUT2D eigenvalue weighted by atomic mass is 16.5. The molecule has 0 unspecified atom stereocenters. The molecule has 4 rings (SSSR count). The summed E-state index contributed by atoms with van der Waals surface area (Å²) in [5, 5.41) is 12.8. The van der Waals surface area contributed by atoms with Crippen LogP contribution in [0.3, 0.4) is 0 Å². The Kier molecular flexibility index (Phi) is 6.61. The fourth-order valence-corrected chi connectivity index (χ4v) is 3.99. The molecule has 0 radical (unpaired) electrons. The van der Waals surface area contributed by atoms with Gasteiger partial charge in [-0.25, -0.2) is 0 Å². The van der Waals surface area contributed by atoms with E-state index < -0.39 is 0 Å². The predicted molar refractivity (Wildman–Crippen MR) is 119 cm³/mol. The van der Waals surface area contributed by atoms with E-state index in [2.05, 4.69) is 28.5 Å². The van der Waals surface area contributed by atoms with Gasteiger partial charge in [-0.05, 0) is 48.1 Å². The molecule has 2 aromatic carbocycles. The first kappa shape index (κ1) is 20.0. The highest BCUT2D eigenvalue weighted by molar-refractivity contribution is 5.55. The molecule has 0 aliphatic heterocycles. The van der Waals surface area contributed by atoms with Gasteiger partial charge in [-0.1, -0.05) is 55.7 Å². The van der Waals surface area contributed by atoms with Crippen LogP contribution in [0.5, 0.6) is 5.75 Å². The summed E-state index contributed by atoms with van der Waals surface area (Å²) < 4.78 is 5.91. The SMILES string of the molecule is N#Cc1ccc(NCc2ccc(C3CCCCC3)cn2)cc1OCc1ccccc1. The van der Waals surface area contributed by atoms with E-state index in [4.69, 9.17) is 4.74 Å². The summed E-state index contributed by atoms with van der Waals surface area (Å²) in [6.45, 7) is 1.07. The Morgan fingerprint density at radius 3 is 2.57 bits per heavy atom. The minimum atomic E-state index is 0.434. The third-order valence-electron chi connectivity index (χ3n) is 5.74. The van der Waals surface area contributed by atoms with Crippen LogP contribution in [0.4, 0.5) is 5.69 Å². The molecule has 1 aliphatic carbocycles. The second kappa shape index (κ2) is 9.93. The molecular weight excluding hydrogens is 370 g/mol. The summed E-state index contributed by atoms with van der Waals surface area (Å²) in [6.07, 6.45) is 8.66. The first-order valence-corrected chi connectivity index (χ1v) is 10.7. The molecule has 1 heterocycles. The molecule has 1 fully saturated rings. The van der Waals surface area contributed by atoms with Crippen molar-refractivity contribution in [3.8, 4) is 11.8 Å². The normalized spacial score (nSPS) is 14.1. The van der Waals surface area contributed by atoms with E-state index in [-0.39, 0.29) is 0 Å². The Morgan fingerprint density at radius 1 is 1.00 bits per heavy atom. The largest absolute Gasteiger partial charge is 0.487 e. The maximum absolute atomic E-state index is 9.39. The van der Waals surface area contributed by atoms with Crippen LogP contribution in [-0.4, -0.2) is 4.98 Å². The number of ether oxygens (including phenoxy) is 1. The topological polar surface area (TPSA) is 57.9 Å². The number of nitriles is 1. The van der Waals surface area contributed by atoms with Crippen molar-refractivity contribution in [2.24, 2.45) is 0 Å². The summed E-state index contributed by atoms with van der Waals surface area (Å²) in [5.74, 6) is 1.27. The van der Waals surface area contributed by atoms with Gasteiger partial charge in [-0.3, -0.25) is 4.98 Å². The van der Waals surface area contributed by atoms with Gasteiger partial charge in [-0.2, -0.15) is 5.26 Å². The van der Waals surface area contributed by atoms with Crippen molar-refractivity contribution in [1.82, 2.24) is 4.98 Å². The molecule has 0 bridgehead atoms. The summed E-state index contributed by atoms with van der Waals surface area (Å²) in [6, 6.07) is 22.1. The van der Waals surface area contributed by atoms with Gasteiger partial charge in [0.15, 0.2) is 0 Å². The Hall–Kier alpha value is -3.32. The van der Waals surface area contributed by atoms with E-state index in [1.54, 1.807) is 6.07 Å². The standard InChI is InChI=1S/C26H27N3O/c27-16-22-11-13-24(15-26(22)30-19-20-7-3-1-4-8-20)29-18-25-14-12-23(17-28-25)21-9-5-2-6-10-21/h1,3-4,7-8,11-15,17,21,29H,2,5-6,9-10,18-19H2. The van der Waals surface area contributed by atoms with E-state index in [9.17, 15) is 5.26 Å². The van der Waals surface area contributed by atoms with Crippen LogP contribution in [0, 0.1) is 11.3 Å². The molecule has 0 saturated heterocycles. The molecule has 0 atom stereocenters. The third kappa shape index (κ3) is 5.18. The average molecular weight is 398 g/mol. The van der Waals surface area contributed by atoms with E-state index in [0.717, 1.165) is 16.9 Å². The van der Waals surface area contributed by atoms with E-state index in [0.29, 0.717) is 30.4 Å². The van der Waals surface area contributed by atoms with Gasteiger partial charge >= 0.3 is 0 Å². The first-order chi connectivity index (χ1) is 14.8. The summed E-state index contributed by atoms with van der Waals surface area (Å²) in [5.41, 5.74) is 4.89. The second-order valence-corrected chi connectivity index (χ2v) is 7.87. The quantitative estimate of drug-likeness (QED) is 0.516. The number of rotatable bonds is 7. The van der Waals surface area contributed by atoms with Gasteiger partial charge in [0.05, 0.1) is 17.8 Å². The van der Waals surface area contributed by atoms with E-state index >= 15 is 0 Å². The Balaban J connectivity index is 1.37. The molecule has 1 aromatic heterocycles. The minimum absolute atomic E-state index is 0.434. The van der Waals surface area contributed by atoms with Crippen molar-refractivity contribution in [2.45, 2.75) is 51.2 Å². The number of pyridine rings is 1. The van der Waals surface area contributed by atoms with Crippen LogP contribution in [0.15, 0.2) is 66.9 Å². The van der Waals surface area contributed by atoms with Gasteiger partial charge in [-0.15, -0.1) is 0 Å². The highest BCUT2D eigenvalue weighted by Crippen LogP contribution is 2.32. The molecule has 1 saturated carbocycles.